The van der Waals surface area contributed by atoms with Gasteiger partial charge in [0.25, 0.3) is 0 Å². The fourth-order valence-corrected chi connectivity index (χ4v) is 6.06. The summed E-state index contributed by atoms with van der Waals surface area (Å²) >= 11 is 0. The third kappa shape index (κ3) is 2.36. The van der Waals surface area contributed by atoms with Crippen LogP contribution in [0.2, 0.25) is 0 Å². The van der Waals surface area contributed by atoms with Crippen molar-refractivity contribution in [2.75, 3.05) is 12.3 Å². The second kappa shape index (κ2) is 5.29. The number of nitrogens with zero attached hydrogens (tertiary/aromatic N) is 1. The maximum atomic E-state index is 13.1. The first-order chi connectivity index (χ1) is 9.93. The van der Waals surface area contributed by atoms with Gasteiger partial charge < -0.3 is 5.73 Å². The molecular weight excluding hydrogens is 284 g/mol. The molecule has 4 nitrogen and oxygen atoms in total. The molecule has 0 radical (unpaired) electrons. The number of hydrogen-bond acceptors (Lipinski definition) is 3. The van der Waals surface area contributed by atoms with E-state index in [0.29, 0.717) is 23.0 Å². The van der Waals surface area contributed by atoms with E-state index >= 15 is 0 Å². The van der Waals surface area contributed by atoms with E-state index in [-0.39, 0.29) is 6.04 Å². The first kappa shape index (κ1) is 14.9. The summed E-state index contributed by atoms with van der Waals surface area (Å²) in [7, 11) is -3.48. The molecule has 2 atom stereocenters. The third-order valence-corrected chi connectivity index (χ3v) is 7.27. The predicted octanol–water partition coefficient (Wildman–Crippen LogP) is 2.84. The van der Waals surface area contributed by atoms with Crippen molar-refractivity contribution in [3.05, 3.63) is 23.3 Å². The first-order valence-corrected chi connectivity index (χ1v) is 9.24. The Balaban J connectivity index is 2.04. The van der Waals surface area contributed by atoms with E-state index in [4.69, 9.17) is 5.73 Å². The number of sulfonamides is 1. The van der Waals surface area contributed by atoms with Crippen LogP contribution in [0, 0.1) is 19.8 Å². The highest BCUT2D eigenvalue weighted by atomic mass is 32.2. The maximum Gasteiger partial charge on any atom is 0.245 e. The van der Waals surface area contributed by atoms with E-state index in [1.54, 1.807) is 4.31 Å². The molecule has 116 valence electrons. The molecule has 1 saturated carbocycles. The van der Waals surface area contributed by atoms with Gasteiger partial charge in [-0.15, -0.1) is 0 Å². The average Bonchev–Trinajstić information content (AvgIpc) is 2.88. The lowest BCUT2D eigenvalue weighted by Crippen LogP contribution is -2.39. The molecule has 3 rings (SSSR count). The lowest BCUT2D eigenvalue weighted by molar-refractivity contribution is 0.260. The third-order valence-electron chi connectivity index (χ3n) is 5.14. The van der Waals surface area contributed by atoms with Crippen molar-refractivity contribution in [2.24, 2.45) is 5.92 Å². The fourth-order valence-electron chi connectivity index (χ4n) is 3.93. The fraction of sp³-hybridized carbons (Fsp3) is 0.625. The molecule has 1 aliphatic heterocycles. The Kier molecular flexibility index (Phi) is 3.74. The number of benzene rings is 1. The molecule has 1 aromatic rings. The Morgan fingerprint density at radius 3 is 2.52 bits per heavy atom. The van der Waals surface area contributed by atoms with Crippen molar-refractivity contribution >= 4 is 15.7 Å². The highest BCUT2D eigenvalue weighted by Gasteiger charge is 2.43. The number of aryl methyl sites for hydroxylation is 2. The van der Waals surface area contributed by atoms with Gasteiger partial charge in [0.1, 0.15) is 4.90 Å². The van der Waals surface area contributed by atoms with Gasteiger partial charge >= 0.3 is 0 Å². The predicted molar refractivity (Wildman–Crippen MR) is 84.6 cm³/mol. The quantitative estimate of drug-likeness (QED) is 0.855. The van der Waals surface area contributed by atoms with Crippen LogP contribution < -0.4 is 5.73 Å². The zero-order valence-electron chi connectivity index (χ0n) is 12.8. The van der Waals surface area contributed by atoms with E-state index in [9.17, 15) is 8.42 Å². The maximum absolute atomic E-state index is 13.1. The van der Waals surface area contributed by atoms with Crippen LogP contribution in [0.5, 0.6) is 0 Å². The van der Waals surface area contributed by atoms with Crippen molar-refractivity contribution in [3.8, 4) is 0 Å². The standard InChI is InChI=1S/C16H24N2O2S/c1-11-7-8-12(2)16(15(11)17)21(19,20)18-10-9-13-5-3-4-6-14(13)18/h7-8,13-14H,3-6,9-10,17H2,1-2H3. The summed E-state index contributed by atoms with van der Waals surface area (Å²) < 4.78 is 28.0. The van der Waals surface area contributed by atoms with Crippen molar-refractivity contribution in [2.45, 2.75) is 56.9 Å². The normalized spacial score (nSPS) is 26.8. The highest BCUT2D eigenvalue weighted by molar-refractivity contribution is 7.89. The average molecular weight is 308 g/mol. The van der Waals surface area contributed by atoms with E-state index in [0.717, 1.165) is 30.4 Å². The molecule has 1 aromatic carbocycles. The van der Waals surface area contributed by atoms with E-state index < -0.39 is 10.0 Å². The van der Waals surface area contributed by atoms with Crippen LogP contribution in [0.4, 0.5) is 5.69 Å². The summed E-state index contributed by atoms with van der Waals surface area (Å²) in [6.45, 7) is 4.34. The van der Waals surface area contributed by atoms with E-state index in [2.05, 4.69) is 0 Å². The molecule has 1 aliphatic carbocycles. The number of nitrogen functional groups attached to an aromatic ring is 1. The molecule has 2 fully saturated rings. The summed E-state index contributed by atoms with van der Waals surface area (Å²) in [4.78, 5) is 0.328. The van der Waals surface area contributed by atoms with Gasteiger partial charge in [0.2, 0.25) is 10.0 Å². The summed E-state index contributed by atoms with van der Waals surface area (Å²) in [6.07, 6.45) is 5.53. The molecule has 5 heteroatoms. The summed E-state index contributed by atoms with van der Waals surface area (Å²) in [5.74, 6) is 0.542. The molecule has 21 heavy (non-hydrogen) atoms. The second-order valence-electron chi connectivity index (χ2n) is 6.46. The van der Waals surface area contributed by atoms with Crippen molar-refractivity contribution in [3.63, 3.8) is 0 Å². The lowest BCUT2D eigenvalue weighted by Gasteiger charge is -2.31. The second-order valence-corrected chi connectivity index (χ2v) is 8.29. The van der Waals surface area contributed by atoms with Crippen LogP contribution in [0.1, 0.15) is 43.2 Å². The largest absolute Gasteiger partial charge is 0.397 e. The topological polar surface area (TPSA) is 63.4 Å². The van der Waals surface area contributed by atoms with Gasteiger partial charge in [0, 0.05) is 12.6 Å². The highest BCUT2D eigenvalue weighted by Crippen LogP contribution is 2.40. The minimum Gasteiger partial charge on any atom is -0.397 e. The Hall–Kier alpha value is -1.07. The monoisotopic (exact) mass is 308 g/mol. The zero-order valence-corrected chi connectivity index (χ0v) is 13.6. The first-order valence-electron chi connectivity index (χ1n) is 7.80. The number of anilines is 1. The molecule has 0 aromatic heterocycles. The molecule has 0 spiro atoms. The van der Waals surface area contributed by atoms with Gasteiger partial charge in [-0.3, -0.25) is 0 Å². The molecule has 2 unspecified atom stereocenters. The van der Waals surface area contributed by atoms with Crippen LogP contribution >= 0.6 is 0 Å². The molecule has 1 saturated heterocycles. The molecular formula is C16H24N2O2S. The molecule has 0 bridgehead atoms. The molecule has 1 heterocycles. The van der Waals surface area contributed by atoms with Gasteiger partial charge in [-0.1, -0.05) is 25.0 Å². The smallest absolute Gasteiger partial charge is 0.245 e. The van der Waals surface area contributed by atoms with Crippen molar-refractivity contribution in [1.29, 1.82) is 0 Å². The number of rotatable bonds is 2. The Morgan fingerprint density at radius 1 is 1.10 bits per heavy atom. The number of fused-ring (bicyclic) bond motifs is 1. The minimum atomic E-state index is -3.48. The Morgan fingerprint density at radius 2 is 1.76 bits per heavy atom. The van der Waals surface area contributed by atoms with Crippen LogP contribution in [0.15, 0.2) is 17.0 Å². The lowest BCUT2D eigenvalue weighted by atomic mass is 9.86. The minimum absolute atomic E-state index is 0.183. The Labute approximate surface area is 127 Å². The van der Waals surface area contributed by atoms with Gasteiger partial charge in [-0.25, -0.2) is 8.42 Å². The van der Waals surface area contributed by atoms with Gasteiger partial charge in [-0.2, -0.15) is 4.31 Å². The van der Waals surface area contributed by atoms with Gasteiger partial charge in [-0.05, 0) is 50.2 Å². The van der Waals surface area contributed by atoms with Crippen LogP contribution in [0.25, 0.3) is 0 Å². The van der Waals surface area contributed by atoms with Gasteiger partial charge in [0.05, 0.1) is 5.69 Å². The van der Waals surface area contributed by atoms with Crippen molar-refractivity contribution < 1.29 is 8.42 Å². The number of nitrogens with two attached hydrogens (primary N) is 1. The van der Waals surface area contributed by atoms with E-state index in [1.165, 1.54) is 12.8 Å². The molecule has 2 aliphatic rings. The summed E-state index contributed by atoms with van der Waals surface area (Å²) in [5.41, 5.74) is 8.09. The number of hydrogen-bond donors (Lipinski definition) is 1. The summed E-state index contributed by atoms with van der Waals surface area (Å²) in [6, 6.07) is 3.92. The molecule has 0 amide bonds. The van der Waals surface area contributed by atoms with Crippen molar-refractivity contribution in [1.82, 2.24) is 4.31 Å². The zero-order chi connectivity index (χ0) is 15.2. The Bertz CT molecular complexity index is 654. The molecule has 2 N–H and O–H groups in total. The summed E-state index contributed by atoms with van der Waals surface area (Å²) in [5, 5.41) is 0. The van der Waals surface area contributed by atoms with Crippen LogP contribution in [-0.4, -0.2) is 25.3 Å². The SMILES string of the molecule is Cc1ccc(C)c(S(=O)(=O)N2CCC3CCCCC32)c1N. The van der Waals surface area contributed by atoms with E-state index in [1.807, 2.05) is 26.0 Å². The van der Waals surface area contributed by atoms with Crippen LogP contribution in [-0.2, 0) is 10.0 Å². The van der Waals surface area contributed by atoms with Gasteiger partial charge in [0.15, 0.2) is 0 Å². The van der Waals surface area contributed by atoms with Crippen LogP contribution in [0.3, 0.4) is 0 Å².